The van der Waals surface area contributed by atoms with E-state index in [0.29, 0.717) is 48.0 Å². The molecule has 5 aliphatic rings. The van der Waals surface area contributed by atoms with Crippen molar-refractivity contribution in [2.45, 2.75) is 45.1 Å². The predicted molar refractivity (Wildman–Crippen MR) is 89.3 cm³/mol. The molecule has 1 aromatic rings. The SMILES string of the molecule is O=C(O)c1c(NC(=O)C23CC4CC(CC2C4)C3)sc2c1CCOC2. The van der Waals surface area contributed by atoms with E-state index in [0.717, 1.165) is 23.3 Å². The lowest BCUT2D eigenvalue weighted by atomic mass is 9.75. The molecule has 0 saturated heterocycles. The maximum Gasteiger partial charge on any atom is 0.339 e. The van der Waals surface area contributed by atoms with Gasteiger partial charge in [-0.05, 0) is 61.8 Å². The summed E-state index contributed by atoms with van der Waals surface area (Å²) in [6.07, 6.45) is 6.26. The highest BCUT2D eigenvalue weighted by Gasteiger charge is 2.61. The lowest BCUT2D eigenvalue weighted by Gasteiger charge is -2.31. The van der Waals surface area contributed by atoms with Crippen molar-refractivity contribution in [2.24, 2.45) is 23.2 Å². The molecule has 2 atom stereocenters. The fourth-order valence-electron chi connectivity index (χ4n) is 5.94. The van der Waals surface area contributed by atoms with Gasteiger partial charge in [-0.1, -0.05) is 0 Å². The molecule has 1 amide bonds. The first-order chi connectivity index (χ1) is 11.6. The quantitative estimate of drug-likeness (QED) is 0.880. The Morgan fingerprint density at radius 2 is 1.96 bits per heavy atom. The van der Waals surface area contributed by atoms with Crippen molar-refractivity contribution in [3.05, 3.63) is 16.0 Å². The van der Waals surface area contributed by atoms with Crippen LogP contribution in [0.2, 0.25) is 0 Å². The Labute approximate surface area is 144 Å². The first-order valence-electron chi connectivity index (χ1n) is 8.84. The Bertz CT molecular complexity index is 726. The van der Waals surface area contributed by atoms with Gasteiger partial charge in [0.1, 0.15) is 5.00 Å². The second kappa shape index (κ2) is 5.05. The normalized spacial score (nSPS) is 35.9. The van der Waals surface area contributed by atoms with Gasteiger partial charge >= 0.3 is 5.97 Å². The molecule has 1 aliphatic heterocycles. The minimum absolute atomic E-state index is 0.0687. The van der Waals surface area contributed by atoms with Crippen LogP contribution in [0.3, 0.4) is 0 Å². The minimum Gasteiger partial charge on any atom is -0.478 e. The molecule has 1 aromatic heterocycles. The Hall–Kier alpha value is -1.40. The molecule has 4 bridgehead atoms. The zero-order valence-corrected chi connectivity index (χ0v) is 14.3. The highest BCUT2D eigenvalue weighted by atomic mass is 32.1. The fourth-order valence-corrected chi connectivity index (χ4v) is 7.11. The summed E-state index contributed by atoms with van der Waals surface area (Å²) in [5.41, 5.74) is 0.911. The van der Waals surface area contributed by atoms with Gasteiger partial charge in [0.2, 0.25) is 5.91 Å². The van der Waals surface area contributed by atoms with Gasteiger partial charge in [0.15, 0.2) is 0 Å². The van der Waals surface area contributed by atoms with Crippen LogP contribution in [-0.4, -0.2) is 23.6 Å². The van der Waals surface area contributed by atoms with Crippen LogP contribution in [0.4, 0.5) is 5.00 Å². The van der Waals surface area contributed by atoms with E-state index in [-0.39, 0.29) is 11.3 Å². The van der Waals surface area contributed by atoms with Gasteiger partial charge in [0, 0.05) is 4.88 Å². The Balaban J connectivity index is 1.47. The van der Waals surface area contributed by atoms with Crippen molar-refractivity contribution < 1.29 is 19.4 Å². The van der Waals surface area contributed by atoms with Gasteiger partial charge in [-0.3, -0.25) is 4.79 Å². The average molecular weight is 347 g/mol. The van der Waals surface area contributed by atoms with Crippen LogP contribution in [0.25, 0.3) is 0 Å². The summed E-state index contributed by atoms with van der Waals surface area (Å²) in [5, 5.41) is 13.2. The number of carbonyl (C=O) groups is 2. The van der Waals surface area contributed by atoms with Crippen molar-refractivity contribution >= 4 is 28.2 Å². The van der Waals surface area contributed by atoms with Crippen molar-refractivity contribution in [2.75, 3.05) is 11.9 Å². The number of carboxylic acids is 1. The second-order valence-corrected chi connectivity index (χ2v) is 9.08. The number of nitrogens with one attached hydrogen (secondary N) is 1. The molecule has 0 radical (unpaired) electrons. The summed E-state index contributed by atoms with van der Waals surface area (Å²) in [5.74, 6) is 1.04. The first-order valence-corrected chi connectivity index (χ1v) is 9.65. The highest BCUT2D eigenvalue weighted by molar-refractivity contribution is 7.17. The van der Waals surface area contributed by atoms with Gasteiger partial charge in [-0.15, -0.1) is 11.3 Å². The molecule has 128 valence electrons. The van der Waals surface area contributed by atoms with Crippen LogP contribution in [0.15, 0.2) is 0 Å². The van der Waals surface area contributed by atoms with E-state index >= 15 is 0 Å². The van der Waals surface area contributed by atoms with E-state index in [1.165, 1.54) is 30.6 Å². The topological polar surface area (TPSA) is 75.6 Å². The van der Waals surface area contributed by atoms with Crippen molar-refractivity contribution in [3.63, 3.8) is 0 Å². The smallest absolute Gasteiger partial charge is 0.339 e. The van der Waals surface area contributed by atoms with E-state index in [9.17, 15) is 14.7 Å². The largest absolute Gasteiger partial charge is 0.478 e. The zero-order chi connectivity index (χ0) is 16.5. The standard InChI is InChI=1S/C18H21NO4S/c20-16(21)14-12-1-2-23-8-13(12)24-15(14)19-17(22)18-6-9-3-10(7-18)5-11(18)4-9/h9-11H,1-8H2,(H,19,22)(H,20,21). The fraction of sp³-hybridized carbons (Fsp3) is 0.667. The van der Waals surface area contributed by atoms with Crippen molar-refractivity contribution in [3.8, 4) is 0 Å². The molecule has 4 fully saturated rings. The van der Waals surface area contributed by atoms with Crippen LogP contribution in [0, 0.1) is 23.2 Å². The number of carbonyl (C=O) groups excluding carboxylic acids is 1. The summed E-state index contributed by atoms with van der Waals surface area (Å²) in [6, 6.07) is 0. The van der Waals surface area contributed by atoms with Gasteiger partial charge in [-0.25, -0.2) is 4.79 Å². The van der Waals surface area contributed by atoms with E-state index in [1.807, 2.05) is 0 Å². The van der Waals surface area contributed by atoms with Gasteiger partial charge < -0.3 is 15.2 Å². The number of rotatable bonds is 3. The molecule has 6 rings (SSSR count). The summed E-state index contributed by atoms with van der Waals surface area (Å²) in [7, 11) is 0. The number of aromatic carboxylic acids is 1. The molecule has 0 spiro atoms. The highest BCUT2D eigenvalue weighted by Crippen LogP contribution is 2.65. The summed E-state index contributed by atoms with van der Waals surface area (Å²) >= 11 is 1.38. The van der Waals surface area contributed by atoms with Crippen LogP contribution in [-0.2, 0) is 22.6 Å². The van der Waals surface area contributed by atoms with E-state index in [1.54, 1.807) is 0 Å². The van der Waals surface area contributed by atoms with Crippen LogP contribution < -0.4 is 5.32 Å². The first kappa shape index (κ1) is 14.9. The number of amides is 1. The lowest BCUT2D eigenvalue weighted by molar-refractivity contribution is -0.127. The van der Waals surface area contributed by atoms with Gasteiger partial charge in [0.05, 0.1) is 24.2 Å². The van der Waals surface area contributed by atoms with E-state index in [4.69, 9.17) is 4.74 Å². The number of ether oxygens (including phenoxy) is 1. The number of hydrogen-bond donors (Lipinski definition) is 2. The lowest BCUT2D eigenvalue weighted by Crippen LogP contribution is -2.37. The molecule has 24 heavy (non-hydrogen) atoms. The molecule has 2 unspecified atom stereocenters. The Kier molecular flexibility index (Phi) is 3.14. The zero-order valence-electron chi connectivity index (χ0n) is 13.5. The number of anilines is 1. The van der Waals surface area contributed by atoms with Crippen molar-refractivity contribution in [1.82, 2.24) is 0 Å². The van der Waals surface area contributed by atoms with Crippen LogP contribution in [0.5, 0.6) is 0 Å². The summed E-state index contributed by atoms with van der Waals surface area (Å²) in [6.45, 7) is 1.00. The van der Waals surface area contributed by atoms with Crippen LogP contribution in [0.1, 0.15) is 52.9 Å². The monoisotopic (exact) mass is 347 g/mol. The molecule has 6 heteroatoms. The van der Waals surface area contributed by atoms with E-state index in [2.05, 4.69) is 5.32 Å². The third kappa shape index (κ3) is 1.96. The number of thiophene rings is 1. The molecule has 2 N–H and O–H groups in total. The maximum absolute atomic E-state index is 13.1. The maximum atomic E-state index is 13.1. The molecule has 4 saturated carbocycles. The second-order valence-electron chi connectivity index (χ2n) is 7.97. The minimum atomic E-state index is -0.945. The summed E-state index contributed by atoms with van der Waals surface area (Å²) < 4.78 is 5.44. The predicted octanol–water partition coefficient (Wildman–Crippen LogP) is 3.28. The Morgan fingerprint density at radius 1 is 1.21 bits per heavy atom. The number of fused-ring (bicyclic) bond motifs is 1. The molecule has 5 nitrogen and oxygen atoms in total. The molecular formula is C18H21NO4S. The average Bonchev–Trinajstić information content (AvgIpc) is 3.11. The third-order valence-corrected chi connectivity index (χ3v) is 7.82. The Morgan fingerprint density at radius 3 is 2.67 bits per heavy atom. The number of hydrogen-bond acceptors (Lipinski definition) is 4. The van der Waals surface area contributed by atoms with E-state index < -0.39 is 5.97 Å². The summed E-state index contributed by atoms with van der Waals surface area (Å²) in [4.78, 5) is 25.8. The third-order valence-electron chi connectivity index (χ3n) is 6.70. The molecular weight excluding hydrogens is 326 g/mol. The number of carboxylic acid groups (broad SMARTS) is 1. The van der Waals surface area contributed by atoms with Gasteiger partial charge in [0.25, 0.3) is 0 Å². The van der Waals surface area contributed by atoms with Gasteiger partial charge in [-0.2, -0.15) is 0 Å². The van der Waals surface area contributed by atoms with Crippen LogP contribution >= 0.6 is 11.3 Å². The molecule has 2 heterocycles. The van der Waals surface area contributed by atoms with Crippen molar-refractivity contribution in [1.29, 1.82) is 0 Å². The molecule has 0 aromatic carbocycles. The molecule has 4 aliphatic carbocycles.